The van der Waals surface area contributed by atoms with E-state index >= 15 is 0 Å². The molecular formula is C73H69Cl9F3I2N13O9. The summed E-state index contributed by atoms with van der Waals surface area (Å²) in [4.78, 5) is 52.4. The number of nitrogen functional groups attached to an aromatic ring is 5. The molecule has 12 aromatic rings. The summed E-state index contributed by atoms with van der Waals surface area (Å²) in [6.45, 7) is 23.1. The Kier molecular flexibility index (Phi) is 37.8. The lowest BCUT2D eigenvalue weighted by Crippen LogP contribution is -2.02. The van der Waals surface area contributed by atoms with E-state index in [1.807, 2.05) is 93.6 Å². The first-order valence-corrected chi connectivity index (χ1v) is 36.7. The number of hydrogen-bond donors (Lipinski definition) is 7. The largest absolute Gasteiger partial charge is 0.499 e. The van der Waals surface area contributed by atoms with Crippen LogP contribution in [0.15, 0.2) is 117 Å². The highest BCUT2D eigenvalue weighted by molar-refractivity contribution is 14.1. The molecular weight excluding hydrogens is 1830 g/mol. The Morgan fingerprint density at radius 2 is 0.927 bits per heavy atom. The molecule has 36 heteroatoms. The maximum Gasteiger partial charge on any atom is 0.312 e. The first kappa shape index (κ1) is 93.3. The number of anilines is 5. The zero-order chi connectivity index (χ0) is 82.2. The maximum absolute atomic E-state index is 13.9. The number of carboxylic acid groups (broad SMARTS) is 1. The minimum Gasteiger partial charge on any atom is -0.499 e. The number of hydrogen-bond acceptors (Lipinski definition) is 21. The van der Waals surface area contributed by atoms with Crippen molar-refractivity contribution in [3.8, 4) is 22.9 Å². The van der Waals surface area contributed by atoms with Crippen LogP contribution in [0.1, 0.15) is 91.3 Å². The van der Waals surface area contributed by atoms with Crippen molar-refractivity contribution in [2.24, 2.45) is 0 Å². The monoisotopic (exact) mass is 1900 g/mol. The predicted octanol–water partition coefficient (Wildman–Crippen LogP) is 21.4. The molecule has 12 rings (SSSR count). The number of ether oxygens (including phenoxy) is 1. The molecule has 578 valence electrons. The van der Waals surface area contributed by atoms with E-state index in [-0.39, 0.29) is 74.0 Å². The highest BCUT2D eigenvalue weighted by Crippen LogP contribution is 2.38. The van der Waals surface area contributed by atoms with Crippen LogP contribution in [0.25, 0.3) is 44.7 Å². The molecule has 0 saturated heterocycles. The van der Waals surface area contributed by atoms with Gasteiger partial charge >= 0.3 is 5.97 Å². The van der Waals surface area contributed by atoms with Gasteiger partial charge in [-0.25, -0.2) is 23.1 Å². The van der Waals surface area contributed by atoms with Crippen molar-refractivity contribution in [1.82, 2.24) is 40.4 Å². The van der Waals surface area contributed by atoms with Crippen molar-refractivity contribution in [2.45, 2.75) is 82.6 Å². The van der Waals surface area contributed by atoms with Gasteiger partial charge in [0.1, 0.15) is 40.5 Å². The number of nitrogens with two attached hydrogens (primary N) is 5. The summed E-state index contributed by atoms with van der Waals surface area (Å²) in [5, 5.41) is 32.3. The summed E-state index contributed by atoms with van der Waals surface area (Å²) in [5.41, 5.74) is 37.5. The van der Waals surface area contributed by atoms with Crippen molar-refractivity contribution in [1.29, 1.82) is 0 Å². The summed E-state index contributed by atoms with van der Waals surface area (Å²) in [7, 11) is 0. The number of fused-ring (bicyclic) bond motifs is 2. The van der Waals surface area contributed by atoms with E-state index in [4.69, 9.17) is 152 Å². The van der Waals surface area contributed by atoms with Crippen LogP contribution in [0, 0.1) is 86.9 Å². The number of carbonyl (C=O) groups is 3. The minimum atomic E-state index is -0.969. The summed E-state index contributed by atoms with van der Waals surface area (Å²) < 4.78 is 60.4. The van der Waals surface area contributed by atoms with Gasteiger partial charge in [0.15, 0.2) is 34.9 Å². The summed E-state index contributed by atoms with van der Waals surface area (Å²) in [5.74, 6) is -0.713. The van der Waals surface area contributed by atoms with Crippen molar-refractivity contribution < 1.29 is 56.1 Å². The summed E-state index contributed by atoms with van der Waals surface area (Å²) in [6, 6.07) is 24.9. The molecule has 7 aromatic carbocycles. The average molecular weight is 1900 g/mol. The standard InChI is InChI=1S/C14H11Cl2N3O.C13H8Cl2FN3O.C9H10ClNO.C8H7ClFNO.C7H7ClIN.C7H8ClN.C6H4ClFIN.C5H6N2O3.C4H8O2/c1-6-4-9-7(2)11(14-17-8(3)19-20-14)13(16)18-12(9)10(15)5-6;1-5-8-3-7(14)4-9(16)11(8)18-12(15)10(5)13-17-6(2)19-20-13;1-5-3-7(6(2)12)9(11)8(10)4-5;1-4(12)6-2-5(9)3-7(10)8(6)11;1-4-2-5(8)7(10)6(9)3-4;1-5-2-3-7(9)6(8)4-5;7-3-1-4(8)6(10)5(9)2-3;1-3-6-4(10-7-3)2-5(8)9;1-2-6-4-3-5/h4-5H,1-3H3;3-4H,1-2H3;3-4H,11H2,1-2H3;2-3H,11H2,1H3;2-3H,10H2,1H3;2-4H,9H2,1H3;1-2H,10H2;2H2,1H3,(H,8,9);2,5H,1,3-4H2. The number of pyridine rings is 2. The number of benzene rings is 7. The number of rotatable bonds is 9. The molecule has 5 aromatic heterocycles. The molecule has 0 bridgehead atoms. The lowest BCUT2D eigenvalue weighted by molar-refractivity contribution is -0.136. The average Bonchev–Trinajstić information content (AvgIpc) is 1.74. The quantitative estimate of drug-likeness (QED) is 0.0176. The molecule has 0 spiro atoms. The zero-order valence-electron chi connectivity index (χ0n) is 59.6. The fourth-order valence-corrected chi connectivity index (χ4v) is 12.8. The molecule has 12 N–H and O–H groups in total. The number of ketones is 2. The van der Waals surface area contributed by atoms with E-state index in [1.165, 1.54) is 38.3 Å². The van der Waals surface area contributed by atoms with E-state index < -0.39 is 23.4 Å². The van der Waals surface area contributed by atoms with Crippen LogP contribution < -0.4 is 28.7 Å². The second-order valence-corrected chi connectivity index (χ2v) is 28.7. The Morgan fingerprint density at radius 3 is 1.38 bits per heavy atom. The topological polar surface area (TPSA) is 374 Å². The SMILES string of the molecule is C=COCCO.CC(=O)c1cc(C)cc(Cl)c1N.CC(=O)c1cc(Cl)cc(F)c1N.Cc1cc(Cl)c(N)c(I)c1.Cc1cc(Cl)c2nc(Cl)c(-c3nc(C)no3)c(C)c2c1.Cc1ccc(N)c(Cl)c1.Cc1noc(-c2c(Cl)nc3c(F)cc(Cl)cc3c2C)n1.Cc1noc(CC(=O)O)n1.Nc1c(F)cc(Cl)cc1I. The number of Topliss-reactive ketones (excluding diaryl/α,β-unsaturated/α-hetero) is 2. The van der Waals surface area contributed by atoms with Crippen LogP contribution in [0.5, 0.6) is 0 Å². The number of carbonyl (C=O) groups excluding carboxylic acids is 2. The van der Waals surface area contributed by atoms with Crippen molar-refractivity contribution in [3.05, 3.63) is 242 Å². The first-order valence-electron chi connectivity index (χ1n) is 31.1. The molecule has 5 heterocycles. The van der Waals surface area contributed by atoms with Crippen molar-refractivity contribution >= 4 is 217 Å². The smallest absolute Gasteiger partial charge is 0.312 e. The van der Waals surface area contributed by atoms with E-state index in [9.17, 15) is 27.6 Å². The summed E-state index contributed by atoms with van der Waals surface area (Å²) >= 11 is 56.9. The van der Waals surface area contributed by atoms with Gasteiger partial charge in [-0.1, -0.05) is 133 Å². The molecule has 0 atom stereocenters. The second kappa shape index (κ2) is 44.1. The van der Waals surface area contributed by atoms with Gasteiger partial charge in [0.2, 0.25) is 5.89 Å². The Hall–Kier alpha value is -8.05. The molecule has 0 aliphatic carbocycles. The normalized spacial score (nSPS) is 10.2. The van der Waals surface area contributed by atoms with E-state index in [1.54, 1.807) is 58.0 Å². The van der Waals surface area contributed by atoms with Crippen LogP contribution in [-0.4, -0.2) is 81.4 Å². The summed E-state index contributed by atoms with van der Waals surface area (Å²) in [6.07, 6.45) is 1.09. The number of nitrogens with zero attached hydrogens (tertiary/aromatic N) is 8. The first-order chi connectivity index (χ1) is 51.0. The van der Waals surface area contributed by atoms with Crippen molar-refractivity contribution in [3.63, 3.8) is 0 Å². The number of aliphatic hydroxyl groups excluding tert-OH is 1. The van der Waals surface area contributed by atoms with E-state index in [2.05, 4.69) is 78.8 Å². The van der Waals surface area contributed by atoms with E-state index in [0.29, 0.717) is 114 Å². The van der Waals surface area contributed by atoms with Crippen LogP contribution in [0.2, 0.25) is 45.5 Å². The Bertz CT molecular complexity index is 4950. The third-order valence-corrected chi connectivity index (χ3v) is 18.1. The molecule has 0 amide bonds. The predicted molar refractivity (Wildman–Crippen MR) is 446 cm³/mol. The molecule has 0 aliphatic rings. The van der Waals surface area contributed by atoms with Gasteiger partial charge in [-0.15, -0.1) is 0 Å². The number of halogens is 14. The molecule has 0 radical (unpaired) electrons. The number of aromatic nitrogens is 8. The highest BCUT2D eigenvalue weighted by Gasteiger charge is 2.22. The van der Waals surface area contributed by atoms with Gasteiger partial charge in [0.05, 0.1) is 78.0 Å². The molecule has 0 unspecified atom stereocenters. The third kappa shape index (κ3) is 28.7. The molecule has 0 saturated carbocycles. The minimum absolute atomic E-state index is 0.0573. The second-order valence-electron chi connectivity index (χ2n) is 22.7. The van der Waals surface area contributed by atoms with Gasteiger partial charge in [-0.05, 0) is 240 Å². The van der Waals surface area contributed by atoms with Crippen LogP contribution in [0.4, 0.5) is 41.6 Å². The Morgan fingerprint density at radius 1 is 0.495 bits per heavy atom. The fraction of sp³-hybridized carbons (Fsp3) is 0.192. The lowest BCUT2D eigenvalue weighted by Gasteiger charge is -2.10. The number of aryl methyl sites for hydroxylation is 9. The third-order valence-electron chi connectivity index (χ3n) is 13.9. The van der Waals surface area contributed by atoms with Gasteiger partial charge in [-0.3, -0.25) is 14.4 Å². The number of carboxylic acids is 1. The lowest BCUT2D eigenvalue weighted by atomic mass is 10.0. The van der Waals surface area contributed by atoms with Gasteiger partial charge in [-0.2, -0.15) is 15.0 Å². The molecule has 0 aliphatic heterocycles. The van der Waals surface area contributed by atoms with Crippen LogP contribution in [0.3, 0.4) is 0 Å². The highest BCUT2D eigenvalue weighted by atomic mass is 127. The maximum atomic E-state index is 13.9. The number of aliphatic hydroxyl groups is 1. The van der Waals surface area contributed by atoms with Gasteiger partial charge < -0.3 is 57.2 Å². The Balaban J connectivity index is 0.000000265. The molecule has 22 nitrogen and oxygen atoms in total. The fourth-order valence-electron chi connectivity index (χ4n) is 8.78. The molecule has 0 fully saturated rings. The van der Waals surface area contributed by atoms with Gasteiger partial charge in [0.25, 0.3) is 11.8 Å². The molecule has 109 heavy (non-hydrogen) atoms. The number of aliphatic carboxylic acids is 1. The Labute approximate surface area is 696 Å². The van der Waals surface area contributed by atoms with Gasteiger partial charge in [0, 0.05) is 44.1 Å². The van der Waals surface area contributed by atoms with Crippen LogP contribution in [-0.2, 0) is 16.0 Å². The van der Waals surface area contributed by atoms with E-state index in [0.717, 1.165) is 42.8 Å². The zero-order valence-corrected chi connectivity index (χ0v) is 70.7. The van der Waals surface area contributed by atoms with Crippen LogP contribution >= 0.6 is 150 Å². The van der Waals surface area contributed by atoms with Crippen molar-refractivity contribution in [2.75, 3.05) is 41.9 Å².